The molecule has 4 nitrogen and oxygen atoms in total. The van der Waals surface area contributed by atoms with Gasteiger partial charge in [0.2, 0.25) is 0 Å². The van der Waals surface area contributed by atoms with Crippen LogP contribution < -0.4 is 10.6 Å². The lowest BCUT2D eigenvalue weighted by Crippen LogP contribution is -2.27. The molecule has 1 amide bonds. The molecule has 2 rings (SSSR count). The first-order valence-corrected chi connectivity index (χ1v) is 7.94. The first-order valence-electron chi connectivity index (χ1n) is 7.94. The zero-order valence-electron chi connectivity index (χ0n) is 13.1. The molecule has 0 unspecified atom stereocenters. The molecule has 1 aromatic carbocycles. The van der Waals surface area contributed by atoms with E-state index < -0.39 is 0 Å². The summed E-state index contributed by atoms with van der Waals surface area (Å²) in [6.45, 7) is 6.48. The number of anilines is 1. The Labute approximate surface area is 127 Å². The number of carbonyl (C=O) groups is 1. The van der Waals surface area contributed by atoms with Crippen molar-refractivity contribution >= 4 is 11.6 Å². The first kappa shape index (κ1) is 15.8. The van der Waals surface area contributed by atoms with Crippen LogP contribution in [0.5, 0.6) is 0 Å². The van der Waals surface area contributed by atoms with Crippen molar-refractivity contribution in [2.75, 3.05) is 25.0 Å². The van der Waals surface area contributed by atoms with Gasteiger partial charge in [-0.3, -0.25) is 4.79 Å². The van der Waals surface area contributed by atoms with Crippen molar-refractivity contribution in [3.8, 4) is 0 Å². The smallest absolute Gasteiger partial charge is 0.253 e. The van der Waals surface area contributed by atoms with E-state index in [0.717, 1.165) is 50.1 Å². The second-order valence-electron chi connectivity index (χ2n) is 5.75. The number of benzene rings is 1. The minimum atomic E-state index is 0.0195. The van der Waals surface area contributed by atoms with Crippen molar-refractivity contribution in [3.63, 3.8) is 0 Å². The van der Waals surface area contributed by atoms with Gasteiger partial charge < -0.3 is 15.4 Å². The van der Waals surface area contributed by atoms with Crippen LogP contribution in [0.25, 0.3) is 0 Å². The molecule has 0 aliphatic carbocycles. The fourth-order valence-corrected chi connectivity index (χ4v) is 2.54. The summed E-state index contributed by atoms with van der Waals surface area (Å²) in [6, 6.07) is 5.97. The number of hydrogen-bond acceptors (Lipinski definition) is 3. The van der Waals surface area contributed by atoms with Gasteiger partial charge >= 0.3 is 0 Å². The molecule has 21 heavy (non-hydrogen) atoms. The van der Waals surface area contributed by atoms with Crippen molar-refractivity contribution in [3.05, 3.63) is 29.3 Å². The molecule has 4 heteroatoms. The average molecular weight is 290 g/mol. The third-order valence-corrected chi connectivity index (χ3v) is 3.63. The second kappa shape index (κ2) is 8.03. The van der Waals surface area contributed by atoms with Gasteiger partial charge in [0.25, 0.3) is 5.91 Å². The molecule has 0 bridgehead atoms. The van der Waals surface area contributed by atoms with E-state index in [9.17, 15) is 4.79 Å². The van der Waals surface area contributed by atoms with Crippen molar-refractivity contribution < 1.29 is 9.53 Å². The lowest BCUT2D eigenvalue weighted by atomic mass is 9.99. The highest BCUT2D eigenvalue weighted by Crippen LogP contribution is 2.25. The number of hydrogen-bond donors (Lipinski definition) is 2. The molecule has 0 saturated carbocycles. The van der Waals surface area contributed by atoms with Crippen molar-refractivity contribution in [2.45, 2.75) is 45.6 Å². The molecule has 1 aliphatic heterocycles. The summed E-state index contributed by atoms with van der Waals surface area (Å²) in [5, 5.41) is 6.36. The van der Waals surface area contributed by atoms with Crippen molar-refractivity contribution in [1.82, 2.24) is 5.32 Å². The van der Waals surface area contributed by atoms with E-state index in [0.29, 0.717) is 6.54 Å². The van der Waals surface area contributed by atoms with E-state index in [4.69, 9.17) is 4.74 Å². The number of para-hydroxylation sites is 1. The summed E-state index contributed by atoms with van der Waals surface area (Å²) >= 11 is 0. The molecule has 0 fully saturated rings. The summed E-state index contributed by atoms with van der Waals surface area (Å²) in [6.07, 6.45) is 4.38. The maximum atomic E-state index is 12.3. The lowest BCUT2D eigenvalue weighted by Gasteiger charge is -2.20. The van der Waals surface area contributed by atoms with Crippen LogP contribution in [-0.4, -0.2) is 31.7 Å². The van der Waals surface area contributed by atoms with Gasteiger partial charge in [0, 0.05) is 19.7 Å². The van der Waals surface area contributed by atoms with Crippen LogP contribution in [0.15, 0.2) is 18.2 Å². The van der Waals surface area contributed by atoms with E-state index in [2.05, 4.69) is 16.7 Å². The predicted octanol–water partition coefficient (Wildman–Crippen LogP) is 2.98. The van der Waals surface area contributed by atoms with E-state index in [1.807, 2.05) is 26.0 Å². The number of fused-ring (bicyclic) bond motifs is 1. The fraction of sp³-hybridized carbons (Fsp3) is 0.588. The maximum absolute atomic E-state index is 12.3. The molecule has 1 aromatic rings. The Morgan fingerprint density at radius 2 is 2.24 bits per heavy atom. The number of aryl methyl sites for hydroxylation is 1. The Morgan fingerprint density at radius 3 is 3.05 bits per heavy atom. The summed E-state index contributed by atoms with van der Waals surface area (Å²) < 4.78 is 5.49. The summed E-state index contributed by atoms with van der Waals surface area (Å²) in [7, 11) is 0. The van der Waals surface area contributed by atoms with Gasteiger partial charge in [-0.15, -0.1) is 0 Å². The molecule has 0 atom stereocenters. The lowest BCUT2D eigenvalue weighted by molar-refractivity contribution is 0.0754. The highest BCUT2D eigenvalue weighted by Gasteiger charge is 2.16. The number of nitrogens with one attached hydrogen (secondary N) is 2. The number of unbranched alkanes of at least 4 members (excludes halogenated alkanes) is 1. The fourth-order valence-electron chi connectivity index (χ4n) is 2.54. The average Bonchev–Trinajstić information content (AvgIpc) is 2.49. The molecule has 1 aliphatic rings. The van der Waals surface area contributed by atoms with Crippen LogP contribution in [0.1, 0.15) is 49.0 Å². The summed E-state index contributed by atoms with van der Waals surface area (Å²) in [5.41, 5.74) is 3.04. The molecule has 0 aromatic heterocycles. The third kappa shape index (κ3) is 4.74. The number of carbonyl (C=O) groups excluding carboxylic acids is 1. The Balaban J connectivity index is 1.79. The maximum Gasteiger partial charge on any atom is 0.253 e. The van der Waals surface area contributed by atoms with Gasteiger partial charge in [-0.25, -0.2) is 0 Å². The molecule has 116 valence electrons. The minimum Gasteiger partial charge on any atom is -0.384 e. The molecule has 0 radical (unpaired) electrons. The first-order chi connectivity index (χ1) is 10.2. The third-order valence-electron chi connectivity index (χ3n) is 3.63. The largest absolute Gasteiger partial charge is 0.384 e. The second-order valence-corrected chi connectivity index (χ2v) is 5.75. The highest BCUT2D eigenvalue weighted by molar-refractivity contribution is 6.00. The van der Waals surface area contributed by atoms with Gasteiger partial charge in [-0.05, 0) is 51.2 Å². The molecular weight excluding hydrogens is 264 g/mol. The number of ether oxygens (including phenoxy) is 1. The summed E-state index contributed by atoms with van der Waals surface area (Å²) in [5.74, 6) is 0.0195. The zero-order valence-corrected chi connectivity index (χ0v) is 13.1. The van der Waals surface area contributed by atoms with Gasteiger partial charge in [-0.2, -0.15) is 0 Å². The van der Waals surface area contributed by atoms with Crippen molar-refractivity contribution in [2.24, 2.45) is 0 Å². The molecular formula is C17H26N2O2. The van der Waals surface area contributed by atoms with Crippen LogP contribution in [0.3, 0.4) is 0 Å². The van der Waals surface area contributed by atoms with Crippen LogP contribution in [0.4, 0.5) is 5.69 Å². The topological polar surface area (TPSA) is 50.4 Å². The molecule has 2 N–H and O–H groups in total. The van der Waals surface area contributed by atoms with Crippen LogP contribution in [-0.2, 0) is 11.2 Å². The van der Waals surface area contributed by atoms with Gasteiger partial charge in [0.1, 0.15) is 0 Å². The SMILES string of the molecule is CC(C)OCCCCNC(=O)c1cccc2c1NCCC2. The van der Waals surface area contributed by atoms with E-state index in [1.54, 1.807) is 0 Å². The standard InChI is InChI=1S/C17H26N2O2/c1-13(2)21-12-4-3-10-19-17(20)15-9-5-7-14-8-6-11-18-16(14)15/h5,7,9,13,18H,3-4,6,8,10-12H2,1-2H3,(H,19,20). The van der Waals surface area contributed by atoms with E-state index >= 15 is 0 Å². The molecule has 0 spiro atoms. The Morgan fingerprint density at radius 1 is 1.38 bits per heavy atom. The Hall–Kier alpha value is -1.55. The molecule has 0 saturated heterocycles. The minimum absolute atomic E-state index is 0.0195. The molecule has 1 heterocycles. The van der Waals surface area contributed by atoms with E-state index in [1.165, 1.54) is 5.56 Å². The number of rotatable bonds is 7. The van der Waals surface area contributed by atoms with Gasteiger partial charge in [0.05, 0.1) is 17.4 Å². The van der Waals surface area contributed by atoms with E-state index in [-0.39, 0.29) is 12.0 Å². The van der Waals surface area contributed by atoms with Gasteiger partial charge in [-0.1, -0.05) is 12.1 Å². The Bertz CT molecular complexity index is 472. The quantitative estimate of drug-likeness (QED) is 0.759. The number of amides is 1. The monoisotopic (exact) mass is 290 g/mol. The summed E-state index contributed by atoms with van der Waals surface area (Å²) in [4.78, 5) is 12.3. The van der Waals surface area contributed by atoms with Crippen LogP contribution in [0.2, 0.25) is 0 Å². The highest BCUT2D eigenvalue weighted by atomic mass is 16.5. The normalized spacial score (nSPS) is 13.7. The van der Waals surface area contributed by atoms with Gasteiger partial charge in [0.15, 0.2) is 0 Å². The predicted molar refractivity (Wildman–Crippen MR) is 85.9 cm³/mol. The van der Waals surface area contributed by atoms with Crippen LogP contribution >= 0.6 is 0 Å². The Kier molecular flexibility index (Phi) is 6.05. The zero-order chi connectivity index (χ0) is 15.1. The van der Waals surface area contributed by atoms with Crippen molar-refractivity contribution in [1.29, 1.82) is 0 Å². The van der Waals surface area contributed by atoms with Crippen LogP contribution in [0, 0.1) is 0 Å².